The van der Waals surface area contributed by atoms with Crippen molar-refractivity contribution in [3.05, 3.63) is 0 Å². The molecule has 2 saturated carbocycles. The van der Waals surface area contributed by atoms with Crippen LogP contribution in [0.2, 0.25) is 0 Å². The third-order valence-electron chi connectivity index (χ3n) is 5.62. The summed E-state index contributed by atoms with van der Waals surface area (Å²) < 4.78 is 0. The Morgan fingerprint density at radius 2 is 1.38 bits per heavy atom. The van der Waals surface area contributed by atoms with E-state index in [-0.39, 0.29) is 0 Å². The van der Waals surface area contributed by atoms with Gasteiger partial charge in [0.1, 0.15) is 0 Å². The van der Waals surface area contributed by atoms with Crippen LogP contribution >= 0.6 is 0 Å². The van der Waals surface area contributed by atoms with Crippen LogP contribution < -0.4 is 5.32 Å². The molecule has 1 nitrogen and oxygen atoms in total. The average molecular weight is 179 g/mol. The van der Waals surface area contributed by atoms with E-state index in [1.54, 1.807) is 0 Å². The maximum Gasteiger partial charge on any atom is 0.0129 e. The van der Waals surface area contributed by atoms with Gasteiger partial charge in [0.05, 0.1) is 0 Å². The van der Waals surface area contributed by atoms with Crippen LogP contribution in [0.5, 0.6) is 0 Å². The van der Waals surface area contributed by atoms with Crippen LogP contribution in [0.1, 0.15) is 52.4 Å². The molecule has 4 atom stereocenters. The van der Waals surface area contributed by atoms with E-state index in [1.165, 1.54) is 38.5 Å². The molecule has 0 bridgehead atoms. The van der Waals surface area contributed by atoms with Crippen LogP contribution in [0.3, 0.4) is 0 Å². The fraction of sp³-hybridized carbons (Fsp3) is 1.00. The van der Waals surface area contributed by atoms with E-state index in [9.17, 15) is 0 Å². The largest absolute Gasteiger partial charge is 0.310 e. The highest BCUT2D eigenvalue weighted by Gasteiger charge is 2.62. The van der Waals surface area contributed by atoms with Crippen molar-refractivity contribution < 1.29 is 0 Å². The van der Waals surface area contributed by atoms with E-state index >= 15 is 0 Å². The molecule has 3 fully saturated rings. The average Bonchev–Trinajstić information content (AvgIpc) is 2.65. The first kappa shape index (κ1) is 8.28. The third kappa shape index (κ3) is 0.782. The van der Waals surface area contributed by atoms with Crippen molar-refractivity contribution in [2.75, 3.05) is 0 Å². The van der Waals surface area contributed by atoms with Gasteiger partial charge in [-0.2, -0.15) is 0 Å². The second kappa shape index (κ2) is 2.31. The number of fused-ring (bicyclic) bond motifs is 3. The first-order chi connectivity index (χ1) is 6.17. The second-order valence-corrected chi connectivity index (χ2v) is 5.89. The van der Waals surface area contributed by atoms with Crippen LogP contribution in [-0.4, -0.2) is 12.1 Å². The summed E-state index contributed by atoms with van der Waals surface area (Å²) in [5, 5.41) is 3.90. The molecule has 1 aliphatic heterocycles. The number of rotatable bonds is 0. The number of hydrogen-bond donors (Lipinski definition) is 1. The van der Waals surface area contributed by atoms with Crippen molar-refractivity contribution in [1.82, 2.24) is 5.32 Å². The minimum absolute atomic E-state index is 0.633. The fourth-order valence-corrected chi connectivity index (χ4v) is 4.48. The molecule has 13 heavy (non-hydrogen) atoms. The van der Waals surface area contributed by atoms with Crippen molar-refractivity contribution in [3.63, 3.8) is 0 Å². The zero-order valence-corrected chi connectivity index (χ0v) is 8.90. The lowest BCUT2D eigenvalue weighted by Crippen LogP contribution is -2.37. The van der Waals surface area contributed by atoms with Gasteiger partial charge in [0.25, 0.3) is 0 Å². The van der Waals surface area contributed by atoms with E-state index in [0.29, 0.717) is 10.8 Å². The monoisotopic (exact) mass is 179 g/mol. The lowest BCUT2D eigenvalue weighted by atomic mass is 9.63. The highest BCUT2D eigenvalue weighted by Crippen LogP contribution is 2.62. The maximum absolute atomic E-state index is 3.90. The van der Waals surface area contributed by atoms with Gasteiger partial charge in [-0.1, -0.05) is 26.7 Å². The quantitative estimate of drug-likeness (QED) is 0.603. The predicted molar refractivity (Wildman–Crippen MR) is 54.6 cm³/mol. The Kier molecular flexibility index (Phi) is 1.47. The molecule has 4 unspecified atom stereocenters. The zero-order valence-electron chi connectivity index (χ0n) is 8.90. The van der Waals surface area contributed by atoms with E-state index in [2.05, 4.69) is 19.2 Å². The van der Waals surface area contributed by atoms with Crippen LogP contribution in [0.25, 0.3) is 0 Å². The highest BCUT2D eigenvalue weighted by molar-refractivity contribution is 5.16. The summed E-state index contributed by atoms with van der Waals surface area (Å²) in [6.07, 6.45) is 8.72. The third-order valence-corrected chi connectivity index (χ3v) is 5.62. The molecule has 0 aromatic carbocycles. The predicted octanol–water partition coefficient (Wildman–Crippen LogP) is 2.71. The summed E-state index contributed by atoms with van der Waals surface area (Å²) in [4.78, 5) is 0. The molecule has 0 radical (unpaired) electrons. The van der Waals surface area contributed by atoms with Gasteiger partial charge in [-0.25, -0.2) is 0 Å². The normalized spacial score (nSPS) is 59.5. The summed E-state index contributed by atoms with van der Waals surface area (Å²) >= 11 is 0. The molecule has 0 aromatic heterocycles. The molecule has 2 aliphatic carbocycles. The van der Waals surface area contributed by atoms with Crippen molar-refractivity contribution in [2.24, 2.45) is 10.8 Å². The van der Waals surface area contributed by atoms with Gasteiger partial charge in [-0.3, -0.25) is 0 Å². The van der Waals surface area contributed by atoms with Crippen LogP contribution in [0.4, 0.5) is 0 Å². The van der Waals surface area contributed by atoms with Gasteiger partial charge in [-0.05, 0) is 36.5 Å². The lowest BCUT2D eigenvalue weighted by Gasteiger charge is -2.40. The smallest absolute Gasteiger partial charge is 0.0129 e. The molecule has 1 heteroatoms. The van der Waals surface area contributed by atoms with Gasteiger partial charge in [-0.15, -0.1) is 0 Å². The summed E-state index contributed by atoms with van der Waals surface area (Å²) in [7, 11) is 0. The zero-order chi connectivity index (χ0) is 9.10. The highest BCUT2D eigenvalue weighted by atomic mass is 15.1. The van der Waals surface area contributed by atoms with Crippen LogP contribution in [-0.2, 0) is 0 Å². The number of nitrogens with one attached hydrogen (secondary N) is 1. The van der Waals surface area contributed by atoms with Gasteiger partial charge in [0.15, 0.2) is 0 Å². The Bertz CT molecular complexity index is 213. The van der Waals surface area contributed by atoms with Crippen LogP contribution in [0, 0.1) is 10.8 Å². The SMILES string of the molecule is CC12CCCC1NC1CCCC12C. The molecule has 0 amide bonds. The molecule has 1 saturated heterocycles. The standard InChI is InChI=1S/C12H21N/c1-11-7-3-5-9(11)13-10-6-4-8-12(10,11)2/h9-10,13H,3-8H2,1-2H3. The van der Waals surface area contributed by atoms with Gasteiger partial charge < -0.3 is 5.32 Å². The molecule has 3 rings (SSSR count). The molecule has 1 heterocycles. The first-order valence-electron chi connectivity index (χ1n) is 5.93. The molecular weight excluding hydrogens is 158 g/mol. The number of hydrogen-bond acceptors (Lipinski definition) is 1. The fourth-order valence-electron chi connectivity index (χ4n) is 4.48. The Balaban J connectivity index is 2.02. The van der Waals surface area contributed by atoms with E-state index in [4.69, 9.17) is 0 Å². The first-order valence-corrected chi connectivity index (χ1v) is 5.93. The summed E-state index contributed by atoms with van der Waals surface area (Å²) in [5.41, 5.74) is 1.27. The molecule has 0 aromatic rings. The van der Waals surface area contributed by atoms with Crippen molar-refractivity contribution >= 4 is 0 Å². The Morgan fingerprint density at radius 3 is 1.85 bits per heavy atom. The van der Waals surface area contributed by atoms with Crippen molar-refractivity contribution in [3.8, 4) is 0 Å². The maximum atomic E-state index is 3.90. The van der Waals surface area contributed by atoms with Crippen molar-refractivity contribution in [2.45, 2.75) is 64.5 Å². The molecule has 3 aliphatic rings. The molecule has 1 N–H and O–H groups in total. The van der Waals surface area contributed by atoms with Crippen LogP contribution in [0.15, 0.2) is 0 Å². The Morgan fingerprint density at radius 1 is 0.923 bits per heavy atom. The topological polar surface area (TPSA) is 12.0 Å². The molecular formula is C12H21N. The summed E-state index contributed by atoms with van der Waals surface area (Å²) in [6.45, 7) is 5.09. The summed E-state index contributed by atoms with van der Waals surface area (Å²) in [5.74, 6) is 0. The van der Waals surface area contributed by atoms with Gasteiger partial charge >= 0.3 is 0 Å². The minimum atomic E-state index is 0.633. The summed E-state index contributed by atoms with van der Waals surface area (Å²) in [6, 6.07) is 1.70. The van der Waals surface area contributed by atoms with E-state index < -0.39 is 0 Å². The molecule has 74 valence electrons. The lowest BCUT2D eigenvalue weighted by molar-refractivity contribution is 0.110. The second-order valence-electron chi connectivity index (χ2n) is 5.89. The minimum Gasteiger partial charge on any atom is -0.310 e. The Labute approximate surface area is 81.3 Å². The van der Waals surface area contributed by atoms with E-state index in [0.717, 1.165) is 12.1 Å². The van der Waals surface area contributed by atoms with Gasteiger partial charge in [0, 0.05) is 12.1 Å². The Hall–Kier alpha value is -0.0400. The van der Waals surface area contributed by atoms with Gasteiger partial charge in [0.2, 0.25) is 0 Å². The van der Waals surface area contributed by atoms with Crippen molar-refractivity contribution in [1.29, 1.82) is 0 Å². The molecule has 0 spiro atoms. The van der Waals surface area contributed by atoms with E-state index in [1.807, 2.05) is 0 Å².